The van der Waals surface area contributed by atoms with Gasteiger partial charge in [0.05, 0.1) is 12.0 Å². The van der Waals surface area contributed by atoms with Crippen LogP contribution in [0, 0.1) is 6.92 Å². The van der Waals surface area contributed by atoms with Crippen molar-refractivity contribution < 1.29 is 13.2 Å². The van der Waals surface area contributed by atoms with E-state index in [1.807, 2.05) is 44.2 Å². The lowest BCUT2D eigenvalue weighted by molar-refractivity contribution is 0.411. The molecular formula is C17H21NO3S. The van der Waals surface area contributed by atoms with Crippen molar-refractivity contribution >= 4 is 10.0 Å². The number of aryl methyl sites for hydroxylation is 1. The fraction of sp³-hybridized carbons (Fsp3) is 0.294. The summed E-state index contributed by atoms with van der Waals surface area (Å²) in [5.41, 5.74) is 1.90. The number of nitrogens with one attached hydrogen (secondary N) is 1. The van der Waals surface area contributed by atoms with Gasteiger partial charge in [0.25, 0.3) is 0 Å². The molecule has 0 heterocycles. The second kappa shape index (κ2) is 6.94. The molecule has 0 spiro atoms. The highest BCUT2D eigenvalue weighted by atomic mass is 32.2. The molecule has 0 bridgehead atoms. The smallest absolute Gasteiger partial charge is 0.240 e. The number of hydrogen-bond acceptors (Lipinski definition) is 3. The summed E-state index contributed by atoms with van der Waals surface area (Å²) in [6.45, 7) is 4.18. The standard InChI is InChI=1S/C17H21NO3S/c1-13-11-16(9-10-17(13)21-3)22(19,20)18-12-14(2)15-7-5-4-6-8-15/h4-11,14,18H,12H2,1-3H3/t14-/m1/s1. The summed E-state index contributed by atoms with van der Waals surface area (Å²) in [7, 11) is -1.95. The Bertz CT molecular complexity index is 727. The van der Waals surface area contributed by atoms with E-state index >= 15 is 0 Å². The number of rotatable bonds is 6. The zero-order chi connectivity index (χ0) is 16.2. The van der Waals surface area contributed by atoms with Gasteiger partial charge in [-0.3, -0.25) is 0 Å². The van der Waals surface area contributed by atoms with Crippen LogP contribution in [0.25, 0.3) is 0 Å². The van der Waals surface area contributed by atoms with Crippen LogP contribution in [0.15, 0.2) is 53.4 Å². The third-order valence-electron chi connectivity index (χ3n) is 3.62. The fourth-order valence-corrected chi connectivity index (χ4v) is 3.45. The molecule has 0 radical (unpaired) electrons. The van der Waals surface area contributed by atoms with Crippen LogP contribution in [-0.2, 0) is 10.0 Å². The lowest BCUT2D eigenvalue weighted by atomic mass is 10.0. The average Bonchev–Trinajstić information content (AvgIpc) is 2.53. The summed E-state index contributed by atoms with van der Waals surface area (Å²) >= 11 is 0. The Morgan fingerprint density at radius 3 is 2.41 bits per heavy atom. The summed E-state index contributed by atoms with van der Waals surface area (Å²) in [6, 6.07) is 14.7. The van der Waals surface area contributed by atoms with Gasteiger partial charge >= 0.3 is 0 Å². The van der Waals surface area contributed by atoms with Gasteiger partial charge in [-0.1, -0.05) is 37.3 Å². The van der Waals surface area contributed by atoms with Crippen LogP contribution in [0.4, 0.5) is 0 Å². The van der Waals surface area contributed by atoms with Crippen molar-refractivity contribution in [1.82, 2.24) is 4.72 Å². The first-order chi connectivity index (χ1) is 10.4. The lowest BCUT2D eigenvalue weighted by Gasteiger charge is -2.14. The minimum Gasteiger partial charge on any atom is -0.496 e. The second-order valence-corrected chi connectivity index (χ2v) is 7.06. The van der Waals surface area contributed by atoms with E-state index in [1.54, 1.807) is 25.3 Å². The molecule has 0 saturated carbocycles. The molecule has 22 heavy (non-hydrogen) atoms. The van der Waals surface area contributed by atoms with Crippen LogP contribution >= 0.6 is 0 Å². The normalized spacial score (nSPS) is 12.9. The Labute approximate surface area is 132 Å². The molecule has 0 aliphatic heterocycles. The lowest BCUT2D eigenvalue weighted by Crippen LogP contribution is -2.27. The molecule has 2 aromatic carbocycles. The van der Waals surface area contributed by atoms with Gasteiger partial charge in [-0.2, -0.15) is 0 Å². The van der Waals surface area contributed by atoms with Crippen molar-refractivity contribution in [3.8, 4) is 5.75 Å². The van der Waals surface area contributed by atoms with Crippen molar-refractivity contribution in [3.63, 3.8) is 0 Å². The highest BCUT2D eigenvalue weighted by molar-refractivity contribution is 7.89. The van der Waals surface area contributed by atoms with Gasteiger partial charge in [0, 0.05) is 6.54 Å². The molecule has 5 heteroatoms. The first-order valence-electron chi connectivity index (χ1n) is 7.13. The van der Waals surface area contributed by atoms with E-state index in [4.69, 9.17) is 4.74 Å². The van der Waals surface area contributed by atoms with Crippen LogP contribution < -0.4 is 9.46 Å². The summed E-state index contributed by atoms with van der Waals surface area (Å²) in [5, 5.41) is 0. The summed E-state index contributed by atoms with van der Waals surface area (Å²) in [6.07, 6.45) is 0. The molecular weight excluding hydrogens is 298 g/mol. The summed E-state index contributed by atoms with van der Waals surface area (Å²) < 4.78 is 32.6. The van der Waals surface area contributed by atoms with E-state index in [0.29, 0.717) is 12.3 Å². The van der Waals surface area contributed by atoms with Gasteiger partial charge in [0.15, 0.2) is 0 Å². The number of benzene rings is 2. The molecule has 0 fully saturated rings. The third-order valence-corrected chi connectivity index (χ3v) is 5.05. The van der Waals surface area contributed by atoms with Crippen LogP contribution in [0.2, 0.25) is 0 Å². The average molecular weight is 319 g/mol. The van der Waals surface area contributed by atoms with E-state index in [0.717, 1.165) is 11.1 Å². The Kier molecular flexibility index (Phi) is 5.21. The van der Waals surface area contributed by atoms with Crippen LogP contribution in [0.3, 0.4) is 0 Å². The SMILES string of the molecule is COc1ccc(S(=O)(=O)NC[C@@H](C)c2ccccc2)cc1C. The van der Waals surface area contributed by atoms with E-state index < -0.39 is 10.0 Å². The van der Waals surface area contributed by atoms with Crippen LogP contribution in [0.1, 0.15) is 24.0 Å². The Morgan fingerprint density at radius 2 is 1.82 bits per heavy atom. The highest BCUT2D eigenvalue weighted by Crippen LogP contribution is 2.21. The molecule has 0 unspecified atom stereocenters. The maximum atomic E-state index is 12.4. The maximum absolute atomic E-state index is 12.4. The molecule has 1 N–H and O–H groups in total. The van der Waals surface area contributed by atoms with Crippen LogP contribution in [-0.4, -0.2) is 22.1 Å². The van der Waals surface area contributed by atoms with Crippen LogP contribution in [0.5, 0.6) is 5.75 Å². The van der Waals surface area contributed by atoms with Gasteiger partial charge in [-0.05, 0) is 42.2 Å². The largest absolute Gasteiger partial charge is 0.496 e. The topological polar surface area (TPSA) is 55.4 Å². The Hall–Kier alpha value is -1.85. The first-order valence-corrected chi connectivity index (χ1v) is 8.61. The zero-order valence-corrected chi connectivity index (χ0v) is 13.9. The number of ether oxygens (including phenoxy) is 1. The fourth-order valence-electron chi connectivity index (χ4n) is 2.24. The molecule has 0 aliphatic rings. The van der Waals surface area contributed by atoms with Crippen molar-refractivity contribution in [2.45, 2.75) is 24.7 Å². The monoisotopic (exact) mass is 319 g/mol. The predicted octanol–water partition coefficient (Wildman–Crippen LogP) is 3.09. The van der Waals surface area contributed by atoms with E-state index in [-0.39, 0.29) is 10.8 Å². The molecule has 0 aromatic heterocycles. The quantitative estimate of drug-likeness (QED) is 0.890. The molecule has 0 amide bonds. The van der Waals surface area contributed by atoms with Gasteiger partial charge in [0.1, 0.15) is 5.75 Å². The van der Waals surface area contributed by atoms with Crippen molar-refractivity contribution in [1.29, 1.82) is 0 Å². The second-order valence-electron chi connectivity index (χ2n) is 5.30. The van der Waals surface area contributed by atoms with E-state index in [9.17, 15) is 8.42 Å². The predicted molar refractivity (Wildman–Crippen MR) is 87.8 cm³/mol. The van der Waals surface area contributed by atoms with Crippen molar-refractivity contribution in [2.24, 2.45) is 0 Å². The molecule has 2 aromatic rings. The maximum Gasteiger partial charge on any atom is 0.240 e. The summed E-state index contributed by atoms with van der Waals surface area (Å²) in [4.78, 5) is 0.256. The Morgan fingerprint density at radius 1 is 1.14 bits per heavy atom. The zero-order valence-electron chi connectivity index (χ0n) is 13.0. The number of sulfonamides is 1. The minimum absolute atomic E-state index is 0.107. The molecule has 118 valence electrons. The molecule has 4 nitrogen and oxygen atoms in total. The molecule has 2 rings (SSSR count). The minimum atomic E-state index is -3.52. The molecule has 1 atom stereocenters. The molecule has 0 saturated heterocycles. The number of hydrogen-bond donors (Lipinski definition) is 1. The van der Waals surface area contributed by atoms with E-state index in [2.05, 4.69) is 4.72 Å². The highest BCUT2D eigenvalue weighted by Gasteiger charge is 2.17. The van der Waals surface area contributed by atoms with Crippen molar-refractivity contribution in [2.75, 3.05) is 13.7 Å². The van der Waals surface area contributed by atoms with Gasteiger partial charge < -0.3 is 4.74 Å². The van der Waals surface area contributed by atoms with Crippen molar-refractivity contribution in [3.05, 3.63) is 59.7 Å². The third kappa shape index (κ3) is 3.87. The van der Waals surface area contributed by atoms with E-state index in [1.165, 1.54) is 0 Å². The number of methoxy groups -OCH3 is 1. The molecule has 0 aliphatic carbocycles. The summed E-state index contributed by atoms with van der Waals surface area (Å²) in [5.74, 6) is 0.784. The Balaban J connectivity index is 2.10. The van der Waals surface area contributed by atoms with Gasteiger partial charge in [0.2, 0.25) is 10.0 Å². The first kappa shape index (κ1) is 16.5. The van der Waals surface area contributed by atoms with Gasteiger partial charge in [-0.25, -0.2) is 13.1 Å². The van der Waals surface area contributed by atoms with Gasteiger partial charge in [-0.15, -0.1) is 0 Å².